The summed E-state index contributed by atoms with van der Waals surface area (Å²) in [5, 5.41) is 2.79. The molecule has 0 saturated carbocycles. The standard InChI is InChI=1S/C21H22N2O4/c1-15(16-8-4-2-5-9-16)22-19(24)14-27-21(26)17-12-20(25)23(13-17)18-10-6-3-7-11-18/h2-11,15,17H,12-14H2,1H3,(H,22,24)/t15-,17-/m0/s1. The lowest BCUT2D eigenvalue weighted by molar-refractivity contribution is -0.152. The van der Waals surface area contributed by atoms with E-state index in [2.05, 4.69) is 5.32 Å². The molecule has 2 aromatic rings. The predicted octanol–water partition coefficient (Wildman–Crippen LogP) is 2.46. The van der Waals surface area contributed by atoms with Gasteiger partial charge in [-0.1, -0.05) is 48.5 Å². The van der Waals surface area contributed by atoms with E-state index in [1.54, 1.807) is 4.90 Å². The van der Waals surface area contributed by atoms with Gasteiger partial charge in [0.1, 0.15) is 0 Å². The molecule has 2 amide bonds. The monoisotopic (exact) mass is 366 g/mol. The molecule has 0 spiro atoms. The first kappa shape index (κ1) is 18.6. The zero-order valence-corrected chi connectivity index (χ0v) is 15.1. The molecule has 27 heavy (non-hydrogen) atoms. The summed E-state index contributed by atoms with van der Waals surface area (Å²) in [5.74, 6) is -1.57. The highest BCUT2D eigenvalue weighted by atomic mass is 16.5. The molecule has 1 heterocycles. The number of ether oxygens (including phenoxy) is 1. The average Bonchev–Trinajstić information content (AvgIpc) is 3.09. The van der Waals surface area contributed by atoms with Crippen LogP contribution < -0.4 is 10.2 Å². The first-order valence-electron chi connectivity index (χ1n) is 8.91. The van der Waals surface area contributed by atoms with Crippen molar-refractivity contribution in [3.8, 4) is 0 Å². The van der Waals surface area contributed by atoms with Crippen LogP contribution in [0.5, 0.6) is 0 Å². The molecule has 0 aromatic heterocycles. The number of hydrogen-bond acceptors (Lipinski definition) is 4. The normalized spacial score (nSPS) is 17.4. The molecule has 0 bridgehead atoms. The van der Waals surface area contributed by atoms with Gasteiger partial charge in [0, 0.05) is 18.7 Å². The third-order valence-corrected chi connectivity index (χ3v) is 4.55. The quantitative estimate of drug-likeness (QED) is 0.797. The summed E-state index contributed by atoms with van der Waals surface area (Å²) in [6.07, 6.45) is 0.0930. The highest BCUT2D eigenvalue weighted by Crippen LogP contribution is 2.25. The number of esters is 1. The molecule has 2 aromatic carbocycles. The lowest BCUT2D eigenvalue weighted by Gasteiger charge is -2.17. The summed E-state index contributed by atoms with van der Waals surface area (Å²) in [5.41, 5.74) is 1.73. The van der Waals surface area contributed by atoms with Gasteiger partial charge in [-0.15, -0.1) is 0 Å². The van der Waals surface area contributed by atoms with Crippen LogP contribution in [0.3, 0.4) is 0 Å². The number of nitrogens with zero attached hydrogens (tertiary/aromatic N) is 1. The second-order valence-electron chi connectivity index (χ2n) is 6.55. The maximum absolute atomic E-state index is 12.2. The smallest absolute Gasteiger partial charge is 0.311 e. The molecule has 6 heteroatoms. The Morgan fingerprint density at radius 3 is 2.41 bits per heavy atom. The van der Waals surface area contributed by atoms with Gasteiger partial charge in [0.05, 0.1) is 12.0 Å². The van der Waals surface area contributed by atoms with Gasteiger partial charge >= 0.3 is 5.97 Å². The van der Waals surface area contributed by atoms with Crippen LogP contribution in [0.15, 0.2) is 60.7 Å². The topological polar surface area (TPSA) is 75.7 Å². The SMILES string of the molecule is C[C@H](NC(=O)COC(=O)[C@H]1CC(=O)N(c2ccccc2)C1)c1ccccc1. The average molecular weight is 366 g/mol. The summed E-state index contributed by atoms with van der Waals surface area (Å²) >= 11 is 0. The highest BCUT2D eigenvalue weighted by Gasteiger charge is 2.36. The van der Waals surface area contributed by atoms with E-state index in [4.69, 9.17) is 4.74 Å². The van der Waals surface area contributed by atoms with Crippen molar-refractivity contribution in [3.05, 3.63) is 66.2 Å². The summed E-state index contributed by atoms with van der Waals surface area (Å²) < 4.78 is 5.13. The number of para-hydroxylation sites is 1. The van der Waals surface area contributed by atoms with E-state index < -0.39 is 11.9 Å². The Bertz CT molecular complexity index is 807. The van der Waals surface area contributed by atoms with E-state index in [9.17, 15) is 14.4 Å². The predicted molar refractivity (Wildman–Crippen MR) is 101 cm³/mol. The molecule has 140 valence electrons. The molecule has 1 saturated heterocycles. The zero-order valence-electron chi connectivity index (χ0n) is 15.1. The number of rotatable bonds is 6. The van der Waals surface area contributed by atoms with Crippen molar-refractivity contribution in [1.29, 1.82) is 0 Å². The first-order chi connectivity index (χ1) is 13.0. The minimum atomic E-state index is -0.558. The van der Waals surface area contributed by atoms with E-state index in [1.807, 2.05) is 67.6 Å². The van der Waals surface area contributed by atoms with Gasteiger partial charge in [-0.05, 0) is 24.6 Å². The summed E-state index contributed by atoms with van der Waals surface area (Å²) in [4.78, 5) is 38.0. The number of nitrogens with one attached hydrogen (secondary N) is 1. The maximum Gasteiger partial charge on any atom is 0.311 e. The Labute approximate surface area is 158 Å². The van der Waals surface area contributed by atoms with Crippen LogP contribution >= 0.6 is 0 Å². The minimum absolute atomic E-state index is 0.0930. The summed E-state index contributed by atoms with van der Waals surface area (Å²) in [6.45, 7) is 1.78. The molecule has 1 aliphatic heterocycles. The Morgan fingerprint density at radius 2 is 1.74 bits per heavy atom. The van der Waals surface area contributed by atoms with Crippen molar-refractivity contribution in [2.45, 2.75) is 19.4 Å². The molecule has 6 nitrogen and oxygen atoms in total. The van der Waals surface area contributed by atoms with Gasteiger partial charge in [-0.25, -0.2) is 0 Å². The Hall–Kier alpha value is -3.15. The van der Waals surface area contributed by atoms with Crippen LogP contribution in [-0.4, -0.2) is 30.9 Å². The van der Waals surface area contributed by atoms with Gasteiger partial charge in [0.15, 0.2) is 6.61 Å². The summed E-state index contributed by atoms with van der Waals surface area (Å²) in [7, 11) is 0. The minimum Gasteiger partial charge on any atom is -0.455 e. The zero-order chi connectivity index (χ0) is 19.2. The molecule has 1 N–H and O–H groups in total. The lowest BCUT2D eigenvalue weighted by Crippen LogP contribution is -2.32. The molecular weight excluding hydrogens is 344 g/mol. The van der Waals surface area contributed by atoms with Crippen LogP contribution in [0.4, 0.5) is 5.69 Å². The van der Waals surface area contributed by atoms with Crippen molar-refractivity contribution in [3.63, 3.8) is 0 Å². The van der Waals surface area contributed by atoms with Gasteiger partial charge in [0.25, 0.3) is 5.91 Å². The van der Waals surface area contributed by atoms with Gasteiger partial charge < -0.3 is 15.0 Å². The Kier molecular flexibility index (Phi) is 5.86. The second-order valence-corrected chi connectivity index (χ2v) is 6.55. The molecule has 1 aliphatic rings. The van der Waals surface area contributed by atoms with E-state index in [-0.39, 0.29) is 37.4 Å². The van der Waals surface area contributed by atoms with Crippen LogP contribution in [0, 0.1) is 5.92 Å². The van der Waals surface area contributed by atoms with E-state index in [1.165, 1.54) is 0 Å². The van der Waals surface area contributed by atoms with Crippen LogP contribution in [0.25, 0.3) is 0 Å². The Balaban J connectivity index is 1.48. The molecule has 1 fully saturated rings. The van der Waals surface area contributed by atoms with E-state index in [0.29, 0.717) is 0 Å². The molecule has 0 aliphatic carbocycles. The molecular formula is C21H22N2O4. The van der Waals surface area contributed by atoms with E-state index in [0.717, 1.165) is 11.3 Å². The van der Waals surface area contributed by atoms with Crippen LogP contribution in [0.2, 0.25) is 0 Å². The van der Waals surface area contributed by atoms with Crippen LogP contribution in [0.1, 0.15) is 24.9 Å². The second kappa shape index (κ2) is 8.49. The van der Waals surface area contributed by atoms with Crippen molar-refractivity contribution in [1.82, 2.24) is 5.32 Å². The van der Waals surface area contributed by atoms with Crippen molar-refractivity contribution in [2.75, 3.05) is 18.1 Å². The fourth-order valence-corrected chi connectivity index (χ4v) is 3.09. The lowest BCUT2D eigenvalue weighted by atomic mass is 10.1. The molecule has 2 atom stereocenters. The highest BCUT2D eigenvalue weighted by molar-refractivity contribution is 5.99. The van der Waals surface area contributed by atoms with Crippen molar-refractivity contribution >= 4 is 23.5 Å². The number of amides is 2. The fourth-order valence-electron chi connectivity index (χ4n) is 3.09. The van der Waals surface area contributed by atoms with Crippen LogP contribution in [-0.2, 0) is 19.1 Å². The van der Waals surface area contributed by atoms with Crippen molar-refractivity contribution < 1.29 is 19.1 Å². The number of hydrogen-bond donors (Lipinski definition) is 1. The number of benzene rings is 2. The first-order valence-corrected chi connectivity index (χ1v) is 8.91. The molecule has 0 radical (unpaired) electrons. The fraction of sp³-hybridized carbons (Fsp3) is 0.286. The van der Waals surface area contributed by atoms with Gasteiger partial charge in [0.2, 0.25) is 5.91 Å². The summed E-state index contributed by atoms with van der Waals surface area (Å²) in [6, 6.07) is 18.5. The third-order valence-electron chi connectivity index (χ3n) is 4.55. The van der Waals surface area contributed by atoms with Gasteiger partial charge in [-0.3, -0.25) is 14.4 Å². The molecule has 3 rings (SSSR count). The van der Waals surface area contributed by atoms with Crippen molar-refractivity contribution in [2.24, 2.45) is 5.92 Å². The number of carbonyl (C=O) groups excluding carboxylic acids is 3. The van der Waals surface area contributed by atoms with Gasteiger partial charge in [-0.2, -0.15) is 0 Å². The number of carbonyl (C=O) groups is 3. The maximum atomic E-state index is 12.2. The Morgan fingerprint density at radius 1 is 1.11 bits per heavy atom. The molecule has 0 unspecified atom stereocenters. The third kappa shape index (κ3) is 4.73. The number of anilines is 1. The van der Waals surface area contributed by atoms with E-state index >= 15 is 0 Å². The largest absolute Gasteiger partial charge is 0.455 e.